The molecule has 2 amide bonds. The van der Waals surface area contributed by atoms with Crippen LogP contribution in [-0.2, 0) is 26.2 Å². The topological polar surface area (TPSA) is 86.8 Å². The van der Waals surface area contributed by atoms with Crippen molar-refractivity contribution >= 4 is 43.5 Å². The van der Waals surface area contributed by atoms with Gasteiger partial charge in [-0.2, -0.15) is 0 Å². The Morgan fingerprint density at radius 2 is 1.58 bits per heavy atom. The Hall–Kier alpha value is -3.17. The summed E-state index contributed by atoms with van der Waals surface area (Å²) in [5, 5.41) is 2.77. The maximum Gasteiger partial charge on any atom is 0.264 e. The molecule has 0 radical (unpaired) electrons. The van der Waals surface area contributed by atoms with Crippen LogP contribution < -0.4 is 9.62 Å². The Kier molecular flexibility index (Phi) is 9.73. The fourth-order valence-electron chi connectivity index (χ4n) is 4.05. The highest BCUT2D eigenvalue weighted by Gasteiger charge is 2.33. The van der Waals surface area contributed by atoms with E-state index in [0.29, 0.717) is 12.2 Å². The molecule has 3 aromatic rings. The van der Waals surface area contributed by atoms with E-state index in [1.165, 1.54) is 4.90 Å². The molecule has 0 aliphatic carbocycles. The minimum atomic E-state index is -4.09. The third kappa shape index (κ3) is 6.82. The number of hydrogen-bond acceptors (Lipinski definition) is 4. The van der Waals surface area contributed by atoms with Gasteiger partial charge in [0.1, 0.15) is 12.6 Å². The average molecular weight is 601 g/mol. The van der Waals surface area contributed by atoms with E-state index >= 15 is 0 Å². The standard InChI is InChI=1S/C29H34BrN3O4S/c1-6-31-29(35)23(5)32(18-24-12-14-25(30)15-13-24)28(34)19-33(27-9-7-8-21(3)22(27)4)38(36,37)26-16-10-20(2)11-17-26/h7-17,23H,6,18-19H2,1-5H3,(H,31,35)/t23-/m0/s1. The zero-order chi connectivity index (χ0) is 28.0. The van der Waals surface area contributed by atoms with Crippen LogP contribution in [0.2, 0.25) is 0 Å². The fourth-order valence-corrected chi connectivity index (χ4v) is 5.78. The number of carbonyl (C=O) groups excluding carboxylic acids is 2. The number of sulfonamides is 1. The summed E-state index contributed by atoms with van der Waals surface area (Å²) in [7, 11) is -4.09. The van der Waals surface area contributed by atoms with Crippen molar-refractivity contribution in [3.05, 3.63) is 93.5 Å². The van der Waals surface area contributed by atoms with Gasteiger partial charge in [-0.3, -0.25) is 13.9 Å². The van der Waals surface area contributed by atoms with Crippen molar-refractivity contribution in [3.8, 4) is 0 Å². The van der Waals surface area contributed by atoms with Gasteiger partial charge in [0, 0.05) is 17.6 Å². The second-order valence-corrected chi connectivity index (χ2v) is 12.0. The Bertz CT molecular complexity index is 1390. The van der Waals surface area contributed by atoms with Gasteiger partial charge < -0.3 is 10.2 Å². The van der Waals surface area contributed by atoms with Crippen molar-refractivity contribution in [2.45, 2.75) is 52.1 Å². The van der Waals surface area contributed by atoms with E-state index in [2.05, 4.69) is 21.2 Å². The summed E-state index contributed by atoms with van der Waals surface area (Å²) in [4.78, 5) is 28.2. The number of likely N-dealkylation sites (N-methyl/N-ethyl adjacent to an activating group) is 1. The molecule has 0 aromatic heterocycles. The molecule has 3 aromatic carbocycles. The van der Waals surface area contributed by atoms with E-state index < -0.39 is 28.5 Å². The molecule has 0 saturated heterocycles. The first-order valence-electron chi connectivity index (χ1n) is 12.4. The Morgan fingerprint density at radius 3 is 2.18 bits per heavy atom. The first-order valence-corrected chi connectivity index (χ1v) is 14.7. The number of nitrogens with one attached hydrogen (secondary N) is 1. The van der Waals surface area contributed by atoms with Crippen LogP contribution in [0.4, 0.5) is 5.69 Å². The van der Waals surface area contributed by atoms with E-state index in [9.17, 15) is 18.0 Å². The van der Waals surface area contributed by atoms with Gasteiger partial charge in [0.15, 0.2) is 0 Å². The van der Waals surface area contributed by atoms with E-state index in [1.807, 2.05) is 58.0 Å². The molecule has 202 valence electrons. The van der Waals surface area contributed by atoms with Gasteiger partial charge in [0.2, 0.25) is 11.8 Å². The summed E-state index contributed by atoms with van der Waals surface area (Å²) in [5.74, 6) is -0.791. The summed E-state index contributed by atoms with van der Waals surface area (Å²) in [6.07, 6.45) is 0. The van der Waals surface area contributed by atoms with Crippen molar-refractivity contribution < 1.29 is 18.0 Å². The number of anilines is 1. The maximum absolute atomic E-state index is 13.9. The van der Waals surface area contributed by atoms with Crippen LogP contribution in [0.1, 0.15) is 36.1 Å². The molecule has 7 nitrogen and oxygen atoms in total. The number of halogens is 1. The quantitative estimate of drug-likeness (QED) is 0.350. The van der Waals surface area contributed by atoms with Crippen LogP contribution >= 0.6 is 15.9 Å². The maximum atomic E-state index is 13.9. The molecule has 0 bridgehead atoms. The SMILES string of the molecule is CCNC(=O)[C@H](C)N(Cc1ccc(Br)cc1)C(=O)CN(c1cccc(C)c1C)S(=O)(=O)c1ccc(C)cc1. The summed E-state index contributed by atoms with van der Waals surface area (Å²) >= 11 is 3.41. The lowest BCUT2D eigenvalue weighted by Crippen LogP contribution is -2.51. The summed E-state index contributed by atoms with van der Waals surface area (Å²) < 4.78 is 29.9. The van der Waals surface area contributed by atoms with Gasteiger partial charge in [0.05, 0.1) is 10.6 Å². The Balaban J connectivity index is 2.07. The highest BCUT2D eigenvalue weighted by atomic mass is 79.9. The fraction of sp³-hybridized carbons (Fsp3) is 0.310. The van der Waals surface area contributed by atoms with Crippen LogP contribution in [0.5, 0.6) is 0 Å². The largest absolute Gasteiger partial charge is 0.355 e. The first-order chi connectivity index (χ1) is 17.9. The molecule has 0 spiro atoms. The highest BCUT2D eigenvalue weighted by Crippen LogP contribution is 2.29. The van der Waals surface area contributed by atoms with Gasteiger partial charge in [-0.1, -0.05) is 57.9 Å². The zero-order valence-corrected chi connectivity index (χ0v) is 24.8. The number of aryl methyl sites for hydroxylation is 2. The van der Waals surface area contributed by atoms with Crippen LogP contribution in [0, 0.1) is 20.8 Å². The molecule has 0 saturated carbocycles. The smallest absolute Gasteiger partial charge is 0.264 e. The predicted molar refractivity (Wildman–Crippen MR) is 154 cm³/mol. The van der Waals surface area contributed by atoms with E-state index in [-0.39, 0.29) is 17.3 Å². The summed E-state index contributed by atoms with van der Waals surface area (Å²) in [5.41, 5.74) is 3.83. The molecular formula is C29H34BrN3O4S. The van der Waals surface area contributed by atoms with Gasteiger partial charge in [-0.25, -0.2) is 8.42 Å². The van der Waals surface area contributed by atoms with Crippen LogP contribution in [0.25, 0.3) is 0 Å². The normalized spacial score (nSPS) is 12.1. The lowest BCUT2D eigenvalue weighted by Gasteiger charge is -2.32. The molecule has 1 N–H and O–H groups in total. The van der Waals surface area contributed by atoms with Crippen molar-refractivity contribution in [1.29, 1.82) is 0 Å². The van der Waals surface area contributed by atoms with E-state index in [0.717, 1.165) is 31.0 Å². The van der Waals surface area contributed by atoms with Gasteiger partial charge in [-0.05, 0) is 81.6 Å². The summed E-state index contributed by atoms with van der Waals surface area (Å²) in [6.45, 7) is 9.18. The van der Waals surface area contributed by atoms with Crippen molar-refractivity contribution in [2.75, 3.05) is 17.4 Å². The van der Waals surface area contributed by atoms with Crippen molar-refractivity contribution in [2.24, 2.45) is 0 Å². The molecule has 0 unspecified atom stereocenters. The lowest BCUT2D eigenvalue weighted by molar-refractivity contribution is -0.139. The second kappa shape index (κ2) is 12.6. The molecule has 0 aliphatic rings. The molecule has 0 heterocycles. The van der Waals surface area contributed by atoms with Crippen molar-refractivity contribution in [1.82, 2.24) is 10.2 Å². The van der Waals surface area contributed by atoms with E-state index in [4.69, 9.17) is 0 Å². The van der Waals surface area contributed by atoms with Gasteiger partial charge in [-0.15, -0.1) is 0 Å². The molecule has 0 fully saturated rings. The number of benzene rings is 3. The van der Waals surface area contributed by atoms with Gasteiger partial charge in [0.25, 0.3) is 10.0 Å². The number of carbonyl (C=O) groups is 2. The number of rotatable bonds is 10. The zero-order valence-electron chi connectivity index (χ0n) is 22.4. The lowest BCUT2D eigenvalue weighted by atomic mass is 10.1. The second-order valence-electron chi connectivity index (χ2n) is 9.26. The van der Waals surface area contributed by atoms with Gasteiger partial charge >= 0.3 is 0 Å². The first kappa shape index (κ1) is 29.4. The number of amides is 2. The van der Waals surface area contributed by atoms with Crippen LogP contribution in [0.3, 0.4) is 0 Å². The molecule has 3 rings (SSSR count). The average Bonchev–Trinajstić information content (AvgIpc) is 2.88. The highest BCUT2D eigenvalue weighted by molar-refractivity contribution is 9.10. The number of hydrogen-bond donors (Lipinski definition) is 1. The third-order valence-electron chi connectivity index (χ3n) is 6.52. The predicted octanol–water partition coefficient (Wildman–Crippen LogP) is 5.12. The third-order valence-corrected chi connectivity index (χ3v) is 8.82. The number of nitrogens with zero attached hydrogens (tertiary/aromatic N) is 2. The Morgan fingerprint density at radius 1 is 0.947 bits per heavy atom. The monoisotopic (exact) mass is 599 g/mol. The minimum Gasteiger partial charge on any atom is -0.355 e. The molecule has 38 heavy (non-hydrogen) atoms. The molecule has 9 heteroatoms. The summed E-state index contributed by atoms with van der Waals surface area (Å²) in [6, 6.07) is 18.6. The molecule has 0 aliphatic heterocycles. The van der Waals surface area contributed by atoms with Crippen LogP contribution in [-0.4, -0.2) is 44.3 Å². The van der Waals surface area contributed by atoms with Crippen molar-refractivity contribution in [3.63, 3.8) is 0 Å². The molecular weight excluding hydrogens is 566 g/mol. The molecule has 1 atom stereocenters. The minimum absolute atomic E-state index is 0.0908. The van der Waals surface area contributed by atoms with Crippen LogP contribution in [0.15, 0.2) is 76.1 Å². The Labute approximate surface area is 234 Å². The van der Waals surface area contributed by atoms with E-state index in [1.54, 1.807) is 43.3 Å².